The van der Waals surface area contributed by atoms with Crippen LogP contribution in [0.15, 0.2) is 18.2 Å². The van der Waals surface area contributed by atoms with Crippen LogP contribution in [0.3, 0.4) is 0 Å². The summed E-state index contributed by atoms with van der Waals surface area (Å²) in [5.41, 5.74) is 6.43. The summed E-state index contributed by atoms with van der Waals surface area (Å²) in [4.78, 5) is 48.1. The second-order valence-corrected chi connectivity index (χ2v) is 9.38. The van der Waals surface area contributed by atoms with Gasteiger partial charge in [0.05, 0.1) is 7.11 Å². The van der Waals surface area contributed by atoms with Gasteiger partial charge in [-0.1, -0.05) is 40.7 Å². The Hall–Kier alpha value is -3.14. The Labute approximate surface area is 206 Å². The maximum absolute atomic E-state index is 12.4. The number of esters is 2. The molecule has 196 valence electrons. The van der Waals surface area contributed by atoms with Crippen LogP contribution < -0.4 is 15.2 Å². The van der Waals surface area contributed by atoms with Crippen molar-refractivity contribution in [1.82, 2.24) is 0 Å². The molecule has 0 aliphatic carbocycles. The molecule has 3 N–H and O–H groups in total. The predicted molar refractivity (Wildman–Crippen MR) is 127 cm³/mol. The normalized spacial score (nSPS) is 14.6. The van der Waals surface area contributed by atoms with Crippen LogP contribution in [0.1, 0.15) is 65.9 Å². The highest BCUT2D eigenvalue weighted by molar-refractivity contribution is 5.77. The van der Waals surface area contributed by atoms with E-state index < -0.39 is 48.0 Å². The first-order chi connectivity index (χ1) is 16.3. The number of carboxylic acids is 1. The number of hydrogen-bond acceptors (Lipinski definition) is 9. The predicted octanol–water partition coefficient (Wildman–Crippen LogP) is 3.89. The van der Waals surface area contributed by atoms with Gasteiger partial charge in [0, 0.05) is 24.7 Å². The lowest BCUT2D eigenvalue weighted by molar-refractivity contribution is -0.140. The number of rotatable bonds is 12. The molecular formula is C25H37NO9. The number of nitrogens with two attached hydrogens (primary N) is 1. The van der Waals surface area contributed by atoms with Gasteiger partial charge in [0.1, 0.15) is 12.1 Å². The Morgan fingerprint density at radius 1 is 0.886 bits per heavy atom. The fourth-order valence-corrected chi connectivity index (χ4v) is 3.48. The lowest BCUT2D eigenvalue weighted by atomic mass is 9.79. The molecule has 0 bridgehead atoms. The summed E-state index contributed by atoms with van der Waals surface area (Å²) in [7, 11) is 1.16. The zero-order chi connectivity index (χ0) is 26.9. The monoisotopic (exact) mass is 495 g/mol. The van der Waals surface area contributed by atoms with Gasteiger partial charge in [0.2, 0.25) is 0 Å². The third-order valence-electron chi connectivity index (χ3n) is 5.38. The molecule has 1 aromatic carbocycles. The zero-order valence-corrected chi connectivity index (χ0v) is 21.4. The second kappa shape index (κ2) is 13.7. The summed E-state index contributed by atoms with van der Waals surface area (Å²) in [6.45, 7) is 10.7. The molecule has 0 saturated carbocycles. The molecule has 1 rings (SSSR count). The Morgan fingerprint density at radius 3 is 1.86 bits per heavy atom. The Morgan fingerprint density at radius 2 is 1.40 bits per heavy atom. The van der Waals surface area contributed by atoms with Crippen molar-refractivity contribution >= 4 is 24.1 Å². The first kappa shape index (κ1) is 29.9. The lowest BCUT2D eigenvalue weighted by Gasteiger charge is -2.31. The molecule has 0 amide bonds. The number of benzene rings is 1. The van der Waals surface area contributed by atoms with Crippen molar-refractivity contribution in [3.05, 3.63) is 23.8 Å². The van der Waals surface area contributed by atoms with E-state index in [-0.39, 0.29) is 36.2 Å². The Kier molecular flexibility index (Phi) is 11.7. The molecule has 0 aliphatic heterocycles. The molecule has 4 atom stereocenters. The van der Waals surface area contributed by atoms with Gasteiger partial charge in [-0.2, -0.15) is 0 Å². The summed E-state index contributed by atoms with van der Waals surface area (Å²) < 4.78 is 20.6. The highest BCUT2D eigenvalue weighted by Gasteiger charge is 2.36. The molecule has 0 aliphatic rings. The molecule has 0 saturated heterocycles. The molecule has 0 spiro atoms. The molecule has 0 aromatic heterocycles. The minimum absolute atomic E-state index is 0.0263. The van der Waals surface area contributed by atoms with E-state index in [1.165, 1.54) is 12.1 Å². The van der Waals surface area contributed by atoms with Gasteiger partial charge in [-0.3, -0.25) is 14.4 Å². The van der Waals surface area contributed by atoms with Gasteiger partial charge >= 0.3 is 24.1 Å². The summed E-state index contributed by atoms with van der Waals surface area (Å²) in [5.74, 6) is -3.63. The van der Waals surface area contributed by atoms with E-state index in [0.29, 0.717) is 5.56 Å². The lowest BCUT2D eigenvalue weighted by Crippen LogP contribution is -2.42. The molecular weight excluding hydrogens is 458 g/mol. The van der Waals surface area contributed by atoms with Crippen LogP contribution in [0.4, 0.5) is 4.79 Å². The summed E-state index contributed by atoms with van der Waals surface area (Å²) >= 11 is 0. The highest BCUT2D eigenvalue weighted by atomic mass is 16.7. The van der Waals surface area contributed by atoms with Crippen molar-refractivity contribution < 1.29 is 43.2 Å². The molecule has 3 unspecified atom stereocenters. The highest BCUT2D eigenvalue weighted by Crippen LogP contribution is 2.37. The zero-order valence-electron chi connectivity index (χ0n) is 21.4. The third kappa shape index (κ3) is 9.56. The van der Waals surface area contributed by atoms with E-state index in [4.69, 9.17) is 19.9 Å². The average Bonchev–Trinajstić information content (AvgIpc) is 2.73. The maximum Gasteiger partial charge on any atom is 0.508 e. The van der Waals surface area contributed by atoms with E-state index in [1.807, 2.05) is 27.7 Å². The second-order valence-electron chi connectivity index (χ2n) is 9.38. The van der Waals surface area contributed by atoms with E-state index in [2.05, 4.69) is 4.74 Å². The quantitative estimate of drug-likeness (QED) is 0.323. The molecule has 35 heavy (non-hydrogen) atoms. The van der Waals surface area contributed by atoms with Crippen molar-refractivity contribution in [2.24, 2.45) is 23.5 Å². The summed E-state index contributed by atoms with van der Waals surface area (Å²) in [5, 5.41) is 9.63. The number of hydrogen-bond donors (Lipinski definition) is 2. The first-order valence-corrected chi connectivity index (χ1v) is 11.5. The van der Waals surface area contributed by atoms with Crippen LogP contribution >= 0.6 is 0 Å². The topological polar surface area (TPSA) is 151 Å². The fourth-order valence-electron chi connectivity index (χ4n) is 3.48. The van der Waals surface area contributed by atoms with E-state index >= 15 is 0 Å². The van der Waals surface area contributed by atoms with E-state index in [0.717, 1.165) is 7.11 Å². The molecule has 10 nitrogen and oxygen atoms in total. The number of carbonyl (C=O) groups is 4. The van der Waals surface area contributed by atoms with Crippen LogP contribution in [-0.4, -0.2) is 48.4 Å². The largest absolute Gasteiger partial charge is 0.508 e. The van der Waals surface area contributed by atoms with Crippen molar-refractivity contribution in [3.8, 4) is 11.5 Å². The van der Waals surface area contributed by atoms with Crippen molar-refractivity contribution in [1.29, 1.82) is 0 Å². The van der Waals surface area contributed by atoms with Crippen molar-refractivity contribution in [2.75, 3.05) is 7.11 Å². The minimum Gasteiger partial charge on any atom is -0.480 e. The smallest absolute Gasteiger partial charge is 0.480 e. The van der Waals surface area contributed by atoms with Crippen molar-refractivity contribution in [3.63, 3.8) is 0 Å². The maximum atomic E-state index is 12.4. The van der Waals surface area contributed by atoms with Gasteiger partial charge in [-0.15, -0.1) is 0 Å². The number of aliphatic carboxylic acids is 1. The van der Waals surface area contributed by atoms with Crippen LogP contribution in [0.5, 0.6) is 11.5 Å². The van der Waals surface area contributed by atoms with Gasteiger partial charge in [0.15, 0.2) is 11.5 Å². The Bertz CT molecular complexity index is 897. The van der Waals surface area contributed by atoms with Gasteiger partial charge in [0.25, 0.3) is 0 Å². The molecule has 0 radical (unpaired) electrons. The Balaban J connectivity index is 3.46. The van der Waals surface area contributed by atoms with Crippen molar-refractivity contribution in [2.45, 2.75) is 72.4 Å². The number of ether oxygens (including phenoxy) is 4. The summed E-state index contributed by atoms with van der Waals surface area (Å²) in [6.07, 6.45) is -1.38. The van der Waals surface area contributed by atoms with Crippen LogP contribution in [0, 0.1) is 17.8 Å². The van der Waals surface area contributed by atoms with Crippen LogP contribution in [-0.2, 0) is 23.9 Å². The minimum atomic E-state index is -1.37. The number of methoxy groups -OCH3 is 1. The SMILES string of the molecule is COC(=O)OC(C)C(C)C(c1ccc(OC(=O)CC(C)C)c(OC(=O)CC(C)C)c1)[C@H](N)C(=O)O. The molecule has 0 fully saturated rings. The average molecular weight is 496 g/mol. The molecule has 0 heterocycles. The van der Waals surface area contributed by atoms with Gasteiger partial charge < -0.3 is 29.8 Å². The molecule has 10 heteroatoms. The van der Waals surface area contributed by atoms with Crippen LogP contribution in [0.25, 0.3) is 0 Å². The fraction of sp³-hybridized carbons (Fsp3) is 0.600. The first-order valence-electron chi connectivity index (χ1n) is 11.5. The van der Waals surface area contributed by atoms with Gasteiger partial charge in [-0.05, 0) is 36.5 Å². The van der Waals surface area contributed by atoms with E-state index in [9.17, 15) is 24.3 Å². The van der Waals surface area contributed by atoms with Crippen LogP contribution in [0.2, 0.25) is 0 Å². The van der Waals surface area contributed by atoms with E-state index in [1.54, 1.807) is 19.9 Å². The third-order valence-corrected chi connectivity index (χ3v) is 5.38. The van der Waals surface area contributed by atoms with Gasteiger partial charge in [-0.25, -0.2) is 4.79 Å². The summed E-state index contributed by atoms with van der Waals surface area (Å²) in [6, 6.07) is 3.05. The number of carboxylic acid groups (broad SMARTS) is 1. The molecule has 1 aromatic rings. The number of carbonyl (C=O) groups excluding carboxylic acids is 3. The standard InChI is InChI=1S/C25H37NO9/c1-13(2)10-20(27)34-18-9-8-17(12-19(18)35-21(28)11-14(3)4)22(23(26)24(29)30)15(5)16(6)33-25(31)32-7/h8-9,12-16,22-23H,10-11,26H2,1-7H3,(H,29,30)/t15?,16?,22?,23-/m0/s1.